The molecule has 190 valence electrons. The fourth-order valence-electron chi connectivity index (χ4n) is 3.66. The molecule has 0 saturated heterocycles. The predicted octanol–water partition coefficient (Wildman–Crippen LogP) is 4.59. The van der Waals surface area contributed by atoms with Gasteiger partial charge in [-0.25, -0.2) is 4.39 Å². The van der Waals surface area contributed by atoms with Gasteiger partial charge in [0.15, 0.2) is 11.6 Å². The van der Waals surface area contributed by atoms with Gasteiger partial charge in [0, 0.05) is 19.8 Å². The van der Waals surface area contributed by atoms with E-state index < -0.39 is 35.7 Å². The number of carbonyl (C=O) groups is 3. The van der Waals surface area contributed by atoms with Crippen LogP contribution in [0.5, 0.6) is 5.75 Å². The minimum Gasteiger partial charge on any atom is -0.491 e. The number of aryl methyl sites for hydroxylation is 1. The molecule has 0 fully saturated rings. The van der Waals surface area contributed by atoms with E-state index in [2.05, 4.69) is 0 Å². The number of nitrogens with two attached hydrogens (primary N) is 1. The van der Waals surface area contributed by atoms with Crippen molar-refractivity contribution in [2.75, 3.05) is 13.2 Å². The number of hydrogen-bond acceptors (Lipinski definition) is 6. The van der Waals surface area contributed by atoms with Gasteiger partial charge >= 0.3 is 11.9 Å². The predicted molar refractivity (Wildman–Crippen MR) is 130 cm³/mol. The Bertz CT molecular complexity index is 976. The Labute approximate surface area is 205 Å². The number of esters is 2. The van der Waals surface area contributed by atoms with E-state index in [-0.39, 0.29) is 18.8 Å². The number of rotatable bonds is 14. The van der Waals surface area contributed by atoms with Crippen molar-refractivity contribution in [2.45, 2.75) is 59.0 Å². The Morgan fingerprint density at radius 2 is 1.69 bits per heavy atom. The van der Waals surface area contributed by atoms with E-state index in [9.17, 15) is 18.8 Å². The van der Waals surface area contributed by atoms with Crippen molar-refractivity contribution in [3.8, 4) is 16.9 Å². The van der Waals surface area contributed by atoms with Crippen LogP contribution < -0.4 is 10.5 Å². The van der Waals surface area contributed by atoms with Crippen molar-refractivity contribution in [3.63, 3.8) is 0 Å². The summed E-state index contributed by atoms with van der Waals surface area (Å²) in [5.74, 6) is -2.17. The third kappa shape index (κ3) is 9.76. The summed E-state index contributed by atoms with van der Waals surface area (Å²) >= 11 is 0. The lowest BCUT2D eigenvalue weighted by atomic mass is 9.92. The van der Waals surface area contributed by atoms with E-state index in [4.69, 9.17) is 19.9 Å². The van der Waals surface area contributed by atoms with Crippen molar-refractivity contribution < 1.29 is 33.0 Å². The Balaban J connectivity index is 2.08. The van der Waals surface area contributed by atoms with Crippen LogP contribution in [-0.2, 0) is 30.3 Å². The first-order chi connectivity index (χ1) is 16.7. The molecule has 0 spiro atoms. The highest BCUT2D eigenvalue weighted by Gasteiger charge is 2.27. The summed E-state index contributed by atoms with van der Waals surface area (Å²) < 4.78 is 30.3. The molecule has 2 rings (SSSR count). The summed E-state index contributed by atoms with van der Waals surface area (Å²) in [6.45, 7) is 5.08. The van der Waals surface area contributed by atoms with Gasteiger partial charge in [0.2, 0.25) is 5.91 Å². The summed E-state index contributed by atoms with van der Waals surface area (Å²) in [5.41, 5.74) is 7.90. The van der Waals surface area contributed by atoms with E-state index in [1.54, 1.807) is 6.07 Å². The number of ether oxygens (including phenoxy) is 3. The molecule has 1 amide bonds. The molecule has 2 aromatic rings. The van der Waals surface area contributed by atoms with E-state index in [0.717, 1.165) is 29.5 Å². The molecular formula is C27H34FNO6. The van der Waals surface area contributed by atoms with Crippen molar-refractivity contribution in [1.29, 1.82) is 0 Å². The van der Waals surface area contributed by atoms with Crippen molar-refractivity contribution in [1.82, 2.24) is 0 Å². The first kappa shape index (κ1) is 27.8. The minimum absolute atomic E-state index is 0.00456. The van der Waals surface area contributed by atoms with E-state index in [0.29, 0.717) is 19.4 Å². The van der Waals surface area contributed by atoms with E-state index >= 15 is 0 Å². The van der Waals surface area contributed by atoms with Gasteiger partial charge in [0.25, 0.3) is 0 Å². The Hall–Kier alpha value is -3.42. The smallest absolute Gasteiger partial charge is 0.302 e. The number of carbonyl (C=O) groups excluding carboxylic acids is 3. The molecule has 2 unspecified atom stereocenters. The van der Waals surface area contributed by atoms with Gasteiger partial charge in [-0.1, -0.05) is 43.7 Å². The molecule has 0 aliphatic carbocycles. The third-order valence-electron chi connectivity index (χ3n) is 5.52. The highest BCUT2D eigenvalue weighted by atomic mass is 19.1. The van der Waals surface area contributed by atoms with Gasteiger partial charge in [-0.2, -0.15) is 0 Å². The van der Waals surface area contributed by atoms with E-state index in [1.165, 1.54) is 19.9 Å². The summed E-state index contributed by atoms with van der Waals surface area (Å²) in [6, 6.07) is 12.6. The Morgan fingerprint density at radius 1 is 1.00 bits per heavy atom. The molecule has 2 aromatic carbocycles. The molecule has 35 heavy (non-hydrogen) atoms. The summed E-state index contributed by atoms with van der Waals surface area (Å²) in [6.07, 6.45) is 1.98. The molecule has 2 atom stereocenters. The Morgan fingerprint density at radius 3 is 2.26 bits per heavy atom. The highest BCUT2D eigenvalue weighted by Crippen LogP contribution is 2.27. The number of amides is 1. The van der Waals surface area contributed by atoms with Crippen LogP contribution in [0.1, 0.15) is 52.0 Å². The summed E-state index contributed by atoms with van der Waals surface area (Å²) in [5, 5.41) is 0. The second-order valence-electron chi connectivity index (χ2n) is 8.46. The number of halogens is 1. The monoisotopic (exact) mass is 487 g/mol. The van der Waals surface area contributed by atoms with Crippen LogP contribution in [0.4, 0.5) is 4.39 Å². The lowest BCUT2D eigenvalue weighted by Crippen LogP contribution is -2.34. The number of benzene rings is 2. The molecule has 0 aromatic heterocycles. The standard InChI is InChI=1S/C27H34FNO6/c1-4-5-14-33-25-13-12-22(15-24(25)28)21-9-6-20(7-10-21)8-11-23(17-34-18(2)30)26(16-27(29)32)35-19(3)31/h6-7,9-10,12-13,15,23,26H,4-5,8,11,14,16-17H2,1-3H3,(H2,29,32). The number of hydrogen-bond donors (Lipinski definition) is 1. The maximum Gasteiger partial charge on any atom is 0.302 e. The second-order valence-corrected chi connectivity index (χ2v) is 8.46. The van der Waals surface area contributed by atoms with Crippen LogP contribution in [0.25, 0.3) is 11.1 Å². The first-order valence-corrected chi connectivity index (χ1v) is 11.8. The van der Waals surface area contributed by atoms with Crippen LogP contribution in [0.2, 0.25) is 0 Å². The zero-order valence-corrected chi connectivity index (χ0v) is 20.6. The molecular weight excluding hydrogens is 453 g/mol. The van der Waals surface area contributed by atoms with Gasteiger partial charge in [0.05, 0.1) is 19.6 Å². The molecule has 8 heteroatoms. The van der Waals surface area contributed by atoms with Gasteiger partial charge in [-0.3, -0.25) is 14.4 Å². The summed E-state index contributed by atoms with van der Waals surface area (Å²) in [4.78, 5) is 34.3. The summed E-state index contributed by atoms with van der Waals surface area (Å²) in [7, 11) is 0. The van der Waals surface area contributed by atoms with E-state index in [1.807, 2.05) is 37.3 Å². The van der Waals surface area contributed by atoms with Gasteiger partial charge in [0.1, 0.15) is 6.10 Å². The fourth-order valence-corrected chi connectivity index (χ4v) is 3.66. The van der Waals surface area contributed by atoms with Crippen LogP contribution in [-0.4, -0.2) is 37.2 Å². The third-order valence-corrected chi connectivity index (χ3v) is 5.52. The SMILES string of the molecule is CCCCOc1ccc(-c2ccc(CCC(COC(C)=O)C(CC(N)=O)OC(C)=O)cc2)cc1F. The quantitative estimate of drug-likeness (QED) is 0.309. The van der Waals surface area contributed by atoms with Crippen LogP contribution >= 0.6 is 0 Å². The molecule has 0 saturated carbocycles. The van der Waals surface area contributed by atoms with Crippen LogP contribution in [0.15, 0.2) is 42.5 Å². The Kier molecular flexibility index (Phi) is 11.2. The topological polar surface area (TPSA) is 105 Å². The lowest BCUT2D eigenvalue weighted by Gasteiger charge is -2.25. The molecule has 0 heterocycles. The minimum atomic E-state index is -0.787. The van der Waals surface area contributed by atoms with Crippen molar-refractivity contribution >= 4 is 17.8 Å². The molecule has 0 aliphatic heterocycles. The highest BCUT2D eigenvalue weighted by molar-refractivity contribution is 5.75. The second kappa shape index (κ2) is 14.1. The van der Waals surface area contributed by atoms with Crippen molar-refractivity contribution in [3.05, 3.63) is 53.8 Å². The van der Waals surface area contributed by atoms with Gasteiger partial charge in [-0.05, 0) is 48.1 Å². The zero-order valence-electron chi connectivity index (χ0n) is 20.6. The lowest BCUT2D eigenvalue weighted by molar-refractivity contribution is -0.154. The maximum absolute atomic E-state index is 14.4. The zero-order chi connectivity index (χ0) is 25.8. The molecule has 7 nitrogen and oxygen atoms in total. The molecule has 0 bridgehead atoms. The first-order valence-electron chi connectivity index (χ1n) is 11.8. The number of unbranched alkanes of at least 4 members (excludes halogenated alkanes) is 1. The maximum atomic E-state index is 14.4. The fraction of sp³-hybridized carbons (Fsp3) is 0.444. The van der Waals surface area contributed by atoms with Crippen LogP contribution in [0, 0.1) is 11.7 Å². The van der Waals surface area contributed by atoms with Crippen LogP contribution in [0.3, 0.4) is 0 Å². The average molecular weight is 488 g/mol. The van der Waals surface area contributed by atoms with Gasteiger partial charge in [-0.15, -0.1) is 0 Å². The molecule has 0 radical (unpaired) electrons. The molecule has 2 N–H and O–H groups in total. The van der Waals surface area contributed by atoms with Crippen molar-refractivity contribution in [2.24, 2.45) is 11.7 Å². The molecule has 0 aliphatic rings. The largest absolute Gasteiger partial charge is 0.491 e. The number of primary amides is 1. The average Bonchev–Trinajstić information content (AvgIpc) is 2.79. The normalized spacial score (nSPS) is 12.5. The van der Waals surface area contributed by atoms with Gasteiger partial charge < -0.3 is 19.9 Å².